The number of nitrogens with two attached hydrogens (primary N) is 2. The first-order chi connectivity index (χ1) is 63.6. The van der Waals surface area contributed by atoms with Crippen LogP contribution in [-0.2, 0) is 130 Å². The van der Waals surface area contributed by atoms with Crippen molar-refractivity contribution in [2.45, 2.75) is 124 Å². The molecule has 0 aliphatic carbocycles. The van der Waals surface area contributed by atoms with Crippen LogP contribution in [0.5, 0.6) is 5.75 Å². The molecule has 7 aromatic rings. The second kappa shape index (κ2) is 73.4. The number of imidazole rings is 2. The average molecular weight is 1850 g/mol. The summed E-state index contributed by atoms with van der Waals surface area (Å²) in [6.45, 7) is 28.0. The number of nitrogens with one attached hydrogen (secondary N) is 2. The highest BCUT2D eigenvalue weighted by Gasteiger charge is 2.24. The number of aryl methyl sites for hydroxylation is 4. The van der Waals surface area contributed by atoms with Crippen molar-refractivity contribution >= 4 is 67.3 Å². The second-order valence-corrected chi connectivity index (χ2v) is 30.7. The third kappa shape index (κ3) is 50.9. The Morgan fingerprint density at radius 2 is 0.608 bits per heavy atom. The van der Waals surface area contributed by atoms with E-state index in [0.29, 0.717) is 263 Å². The maximum absolute atomic E-state index is 13.6. The number of esters is 1. The third-order valence-corrected chi connectivity index (χ3v) is 19.9. The number of nitrogen functional groups attached to an aromatic ring is 2. The van der Waals surface area contributed by atoms with Gasteiger partial charge in [-0.3, -0.25) is 9.59 Å². The van der Waals surface area contributed by atoms with Crippen LogP contribution in [0.1, 0.15) is 121 Å². The third-order valence-electron chi connectivity index (χ3n) is 19.9. The Hall–Kier alpha value is -7.00. The number of aromatic nitrogens is 6. The Morgan fingerprint density at radius 1 is 0.331 bits per heavy atom. The van der Waals surface area contributed by atoms with E-state index < -0.39 is 41.4 Å². The lowest BCUT2D eigenvalue weighted by Crippen LogP contribution is -2.25. The van der Waals surface area contributed by atoms with E-state index in [2.05, 4.69) is 98.8 Å². The molecule has 7 rings (SSSR count). The fourth-order valence-electron chi connectivity index (χ4n) is 12.7. The number of hydrogen-bond donors (Lipinski definition) is 4. The molecule has 0 radical (unpaired) electrons. The summed E-state index contributed by atoms with van der Waals surface area (Å²) in [6, 6.07) is 13.0. The maximum atomic E-state index is 13.6. The number of aromatic amines is 2. The van der Waals surface area contributed by atoms with Crippen LogP contribution in [0.25, 0.3) is 43.9 Å². The molecule has 0 unspecified atom stereocenters. The van der Waals surface area contributed by atoms with Crippen molar-refractivity contribution in [1.29, 1.82) is 0 Å². The minimum absolute atomic E-state index is 0.0204. The number of Topliss-reactive ketones (excluding diaryl/α,β-unsaturated/α-hetero) is 1. The van der Waals surface area contributed by atoms with Crippen LogP contribution < -0.4 is 16.2 Å². The number of H-pyrrole nitrogens is 2. The van der Waals surface area contributed by atoms with Crippen LogP contribution in [0.15, 0.2) is 42.5 Å². The fraction of sp³-hybridized carbons (Fsp3) is 0.699. The number of likely N-dealkylation sites (N-methyl/N-ethyl adjacent to an activating group) is 2. The summed E-state index contributed by atoms with van der Waals surface area (Å²) in [5.74, 6) is -6.37. The van der Waals surface area contributed by atoms with Crippen LogP contribution in [-0.4, -0.2) is 356 Å². The van der Waals surface area contributed by atoms with Gasteiger partial charge < -0.3 is 131 Å². The Labute approximate surface area is 764 Å². The summed E-state index contributed by atoms with van der Waals surface area (Å²) in [5, 5.41) is 2.10. The smallest absolute Gasteiger partial charge is 0.313 e. The molecule has 0 spiro atoms. The predicted molar refractivity (Wildman–Crippen MR) is 487 cm³/mol. The number of unbranched alkanes of at least 4 members (excludes halogenated alkanes) is 6. The van der Waals surface area contributed by atoms with E-state index in [1.165, 1.54) is 17.5 Å². The topological polar surface area (TPSA) is 370 Å². The Morgan fingerprint density at radius 3 is 0.892 bits per heavy atom. The molecule has 736 valence electrons. The molecule has 4 aromatic heterocycles. The van der Waals surface area contributed by atoms with Gasteiger partial charge in [0.25, 0.3) is 0 Å². The summed E-state index contributed by atoms with van der Waals surface area (Å²) in [4.78, 5) is 52.9. The van der Waals surface area contributed by atoms with E-state index in [4.69, 9.17) is 116 Å². The standard InChI is InChI=1S/C49H73F4N5O12.C44H75N5O11/c1-3-4-9-42-56-46-38-11-10-37(35-41(38)55-49(54)47(46)57-42)8-6-5-7-13-58(2)14-16-61-18-20-63-22-24-65-26-28-67-30-32-69-34-33-68-31-29-66-27-25-64-23-21-62-19-17-60-15-12-43(59)70-48-44(52)39(50)36-40(51)45(48)53;1-4-5-10-41-47-42-39-12-11-38(36-40(39)46-44(45)43(42)48-41)9-7-6-8-14-49(3)15-17-52-19-21-54-23-25-56-27-29-58-31-33-60-35-34-59-32-30-57-28-26-55-24-22-53-20-18-51-16-13-37(2)50/h10-11,35-36H,3-9,12-34H2,1-2H3,(H2,54,55)(H,56,57);11-12,36H,4-10,13-35H2,1-3H3,(H2,45,46)(H,47,48). The zero-order valence-corrected chi connectivity index (χ0v) is 77.7. The quantitative estimate of drug-likeness (QED) is 0.00904. The molecule has 37 heteroatoms. The molecule has 33 nitrogen and oxygen atoms in total. The number of rotatable bonds is 85. The van der Waals surface area contributed by atoms with E-state index in [-0.39, 0.29) is 31.7 Å². The number of nitrogens with zero attached hydrogens (tertiary/aromatic N) is 6. The first-order valence-corrected chi connectivity index (χ1v) is 46.2. The van der Waals surface area contributed by atoms with Gasteiger partial charge in [0.2, 0.25) is 17.4 Å². The normalized spacial score (nSPS) is 11.8. The Bertz CT molecular complexity index is 4050. The first-order valence-electron chi connectivity index (χ1n) is 46.2. The molecule has 130 heavy (non-hydrogen) atoms. The second-order valence-electron chi connectivity index (χ2n) is 30.7. The largest absolute Gasteiger partial charge is 0.420 e. The Balaban J connectivity index is 0.000000405. The molecule has 6 N–H and O–H groups in total. The van der Waals surface area contributed by atoms with Gasteiger partial charge in [-0.2, -0.15) is 8.78 Å². The number of ether oxygens (including phenoxy) is 21. The summed E-state index contributed by atoms with van der Waals surface area (Å²) in [7, 11) is 4.28. The number of anilines is 2. The lowest BCUT2D eigenvalue weighted by molar-refractivity contribution is -0.136. The monoisotopic (exact) mass is 1850 g/mol. The summed E-state index contributed by atoms with van der Waals surface area (Å²) >= 11 is 0. The van der Waals surface area contributed by atoms with Gasteiger partial charge in [0, 0.05) is 49.2 Å². The Kier molecular flexibility index (Phi) is 63.1. The average Bonchev–Trinajstić information content (AvgIpc) is 1.60. The van der Waals surface area contributed by atoms with Crippen LogP contribution in [0.3, 0.4) is 0 Å². The van der Waals surface area contributed by atoms with E-state index in [0.717, 1.165) is 165 Å². The van der Waals surface area contributed by atoms with Crippen LogP contribution in [0, 0.1) is 23.3 Å². The number of pyridine rings is 2. The van der Waals surface area contributed by atoms with Crippen molar-refractivity contribution in [2.75, 3.05) is 316 Å². The lowest BCUT2D eigenvalue weighted by Gasteiger charge is -2.16. The molecule has 0 saturated carbocycles. The van der Waals surface area contributed by atoms with E-state index in [1.807, 2.05) is 0 Å². The minimum Gasteiger partial charge on any atom is -0.420 e. The van der Waals surface area contributed by atoms with Crippen LogP contribution in [0.4, 0.5) is 29.2 Å². The van der Waals surface area contributed by atoms with Crippen LogP contribution in [0.2, 0.25) is 0 Å². The molecule has 0 atom stereocenters. The van der Waals surface area contributed by atoms with Gasteiger partial charge >= 0.3 is 5.97 Å². The van der Waals surface area contributed by atoms with Gasteiger partial charge in [0.15, 0.2) is 11.6 Å². The van der Waals surface area contributed by atoms with Gasteiger partial charge in [0.1, 0.15) is 51.1 Å². The van der Waals surface area contributed by atoms with Crippen LogP contribution >= 0.6 is 0 Å². The van der Waals surface area contributed by atoms with E-state index in [1.54, 1.807) is 6.92 Å². The number of benzene rings is 3. The SMILES string of the molecule is CCCCc1nc2c([nH]1)c(N)nc1cc(CCCCCN(C)CCOCCOCCOCCOCCOCCOCCOCCOCCOCCOCCC(=O)Oc3c(F)c(F)cc(F)c3F)ccc12.CCCCc1nc2c([nH]1)c(N)nc1cc(CCCCCN(C)CCOCCOCCOCCOCCOCCOCCOCCOCCOCCOCCC(C)=O)ccc12. The number of carbonyl (C=O) groups excluding carboxylic acids is 2. The summed E-state index contributed by atoms with van der Waals surface area (Å²) in [5.41, 5.74) is 20.5. The minimum atomic E-state index is -1.79. The summed E-state index contributed by atoms with van der Waals surface area (Å²) < 4.78 is 168. The molecule has 3 aromatic carbocycles. The molecule has 0 aliphatic rings. The number of fused-ring (bicyclic) bond motifs is 6. The number of hydrogen-bond acceptors (Lipinski definition) is 31. The number of halogens is 4. The highest BCUT2D eigenvalue weighted by atomic mass is 19.2. The molecular weight excluding hydrogens is 1700 g/mol. The van der Waals surface area contributed by atoms with Gasteiger partial charge in [-0.1, -0.05) is 63.8 Å². The zero-order valence-electron chi connectivity index (χ0n) is 77.7. The van der Waals surface area contributed by atoms with Gasteiger partial charge in [0.05, 0.1) is 282 Å². The van der Waals surface area contributed by atoms with E-state index >= 15 is 0 Å². The lowest BCUT2D eigenvalue weighted by atomic mass is 10.0. The molecule has 0 amide bonds. The predicted octanol–water partition coefficient (Wildman–Crippen LogP) is 11.2. The number of ketones is 1. The van der Waals surface area contributed by atoms with Crippen molar-refractivity contribution < 1.29 is 127 Å². The highest BCUT2D eigenvalue weighted by Crippen LogP contribution is 2.31. The fourth-order valence-corrected chi connectivity index (χ4v) is 12.7. The van der Waals surface area contributed by atoms with Crippen molar-refractivity contribution in [2.24, 2.45) is 0 Å². The van der Waals surface area contributed by atoms with Gasteiger partial charge in [-0.25, -0.2) is 28.7 Å². The van der Waals surface area contributed by atoms with Crippen molar-refractivity contribution in [3.05, 3.63) is 88.5 Å². The molecular formula is C93H148F4N10O23. The van der Waals surface area contributed by atoms with Gasteiger partial charge in [-0.15, -0.1) is 0 Å². The van der Waals surface area contributed by atoms with Gasteiger partial charge in [-0.05, 0) is 109 Å². The first kappa shape index (κ1) is 112. The summed E-state index contributed by atoms with van der Waals surface area (Å²) in [6.07, 6.45) is 15.2. The molecule has 0 saturated heterocycles. The molecule has 0 bridgehead atoms. The maximum Gasteiger partial charge on any atom is 0.313 e. The van der Waals surface area contributed by atoms with Crippen molar-refractivity contribution in [3.8, 4) is 5.75 Å². The number of carbonyl (C=O) groups is 2. The zero-order chi connectivity index (χ0) is 92.7. The van der Waals surface area contributed by atoms with Crippen molar-refractivity contribution in [1.82, 2.24) is 39.7 Å². The molecule has 0 fully saturated rings. The van der Waals surface area contributed by atoms with Crippen molar-refractivity contribution in [3.63, 3.8) is 0 Å². The van der Waals surface area contributed by atoms with E-state index in [9.17, 15) is 27.2 Å². The highest BCUT2D eigenvalue weighted by molar-refractivity contribution is 6.07. The molecule has 0 aliphatic heterocycles. The molecule has 4 heterocycles.